The van der Waals surface area contributed by atoms with E-state index in [1.54, 1.807) is 6.07 Å². The van der Waals surface area contributed by atoms with Gasteiger partial charge in [0, 0.05) is 6.04 Å². The fourth-order valence-electron chi connectivity index (χ4n) is 2.20. The van der Waals surface area contributed by atoms with E-state index in [9.17, 15) is 5.26 Å². The second-order valence-electron chi connectivity index (χ2n) is 4.86. The number of rotatable bonds is 3. The molecule has 0 saturated heterocycles. The zero-order valence-electron chi connectivity index (χ0n) is 10.8. The molecule has 1 heterocycles. The second-order valence-corrected chi connectivity index (χ2v) is 5.26. The highest BCUT2D eigenvalue weighted by Gasteiger charge is 2.23. The molecule has 2 aromatic rings. The molecule has 20 heavy (non-hydrogen) atoms. The van der Waals surface area contributed by atoms with Crippen molar-refractivity contribution >= 4 is 23.2 Å². The van der Waals surface area contributed by atoms with Crippen molar-refractivity contribution in [2.75, 3.05) is 11.1 Å². The van der Waals surface area contributed by atoms with Gasteiger partial charge in [0.15, 0.2) is 5.82 Å². The Morgan fingerprint density at radius 2 is 2.15 bits per heavy atom. The van der Waals surface area contributed by atoms with Crippen molar-refractivity contribution in [3.8, 4) is 11.8 Å². The molecule has 1 saturated carbocycles. The van der Waals surface area contributed by atoms with Crippen LogP contribution in [0.15, 0.2) is 24.3 Å². The van der Waals surface area contributed by atoms with Gasteiger partial charge in [0.25, 0.3) is 0 Å². The van der Waals surface area contributed by atoms with E-state index in [1.165, 1.54) is 11.1 Å². The van der Waals surface area contributed by atoms with Gasteiger partial charge in [0.2, 0.25) is 0 Å². The summed E-state index contributed by atoms with van der Waals surface area (Å²) in [6.45, 7) is 0. The Balaban J connectivity index is 2.04. The van der Waals surface area contributed by atoms with Crippen molar-refractivity contribution in [3.63, 3.8) is 0 Å². The number of benzene rings is 1. The molecule has 0 spiro atoms. The van der Waals surface area contributed by atoms with Crippen LogP contribution in [0.1, 0.15) is 24.8 Å². The summed E-state index contributed by atoms with van der Waals surface area (Å²) < 4.78 is 1.52. The Kier molecular flexibility index (Phi) is 3.25. The molecular formula is C14H14ClN5. The molecule has 1 aliphatic carbocycles. The first-order valence-corrected chi connectivity index (χ1v) is 6.88. The first-order chi connectivity index (χ1) is 9.70. The van der Waals surface area contributed by atoms with E-state index in [0.29, 0.717) is 34.0 Å². The number of aromatic nitrogens is 2. The first-order valence-electron chi connectivity index (χ1n) is 6.50. The average Bonchev–Trinajstić information content (AvgIpc) is 2.71. The summed E-state index contributed by atoms with van der Waals surface area (Å²) in [5.74, 6) is 0.844. The molecule has 6 heteroatoms. The minimum Gasteiger partial charge on any atom is -0.382 e. The summed E-state index contributed by atoms with van der Waals surface area (Å²) >= 11 is 6.16. The van der Waals surface area contributed by atoms with Gasteiger partial charge in [0.1, 0.15) is 17.5 Å². The molecule has 0 aliphatic heterocycles. The van der Waals surface area contributed by atoms with Crippen LogP contribution in [0.25, 0.3) is 5.69 Å². The van der Waals surface area contributed by atoms with Crippen LogP contribution in [0.2, 0.25) is 5.02 Å². The number of nitriles is 1. The standard InChI is InChI=1S/C14H14ClN5/c15-11-6-1-2-7-12(11)20-13(17)10(8-16)14(19-20)18-9-4-3-5-9/h1-2,6-7,9H,3-5,17H2,(H,18,19). The molecule has 1 aliphatic rings. The lowest BCUT2D eigenvalue weighted by atomic mass is 9.93. The van der Waals surface area contributed by atoms with Gasteiger partial charge in [-0.3, -0.25) is 0 Å². The van der Waals surface area contributed by atoms with Gasteiger partial charge < -0.3 is 11.1 Å². The van der Waals surface area contributed by atoms with Gasteiger partial charge in [-0.1, -0.05) is 23.7 Å². The molecule has 0 unspecified atom stereocenters. The molecule has 0 bridgehead atoms. The number of anilines is 2. The number of nitrogen functional groups attached to an aromatic ring is 1. The fraction of sp³-hybridized carbons (Fsp3) is 0.286. The summed E-state index contributed by atoms with van der Waals surface area (Å²) in [4.78, 5) is 0. The molecule has 5 nitrogen and oxygen atoms in total. The predicted molar refractivity (Wildman–Crippen MR) is 79.0 cm³/mol. The Bertz CT molecular complexity index is 681. The summed E-state index contributed by atoms with van der Waals surface area (Å²) in [6, 6.07) is 9.78. The van der Waals surface area contributed by atoms with E-state index in [0.717, 1.165) is 12.8 Å². The molecule has 0 amide bonds. The Morgan fingerprint density at radius 3 is 2.75 bits per heavy atom. The Labute approximate surface area is 122 Å². The van der Waals surface area contributed by atoms with E-state index in [1.807, 2.05) is 18.2 Å². The molecule has 3 rings (SSSR count). The van der Waals surface area contributed by atoms with Crippen molar-refractivity contribution < 1.29 is 0 Å². The smallest absolute Gasteiger partial charge is 0.168 e. The van der Waals surface area contributed by atoms with Crippen LogP contribution in [0, 0.1) is 11.3 Å². The molecule has 1 fully saturated rings. The van der Waals surface area contributed by atoms with E-state index in [4.69, 9.17) is 17.3 Å². The number of hydrogen-bond acceptors (Lipinski definition) is 4. The number of nitrogens with two attached hydrogens (primary N) is 1. The SMILES string of the molecule is N#Cc1c(NC2CCC2)nn(-c2ccccc2Cl)c1N. The summed E-state index contributed by atoms with van der Waals surface area (Å²) in [7, 11) is 0. The number of nitrogens with zero attached hydrogens (tertiary/aromatic N) is 3. The van der Waals surface area contributed by atoms with Gasteiger partial charge in [-0.05, 0) is 31.4 Å². The maximum Gasteiger partial charge on any atom is 0.168 e. The van der Waals surface area contributed by atoms with Crippen LogP contribution >= 0.6 is 11.6 Å². The van der Waals surface area contributed by atoms with Crippen molar-refractivity contribution in [2.45, 2.75) is 25.3 Å². The third-order valence-corrected chi connectivity index (χ3v) is 3.88. The predicted octanol–water partition coefficient (Wildman–Crippen LogP) is 2.94. The van der Waals surface area contributed by atoms with E-state index >= 15 is 0 Å². The van der Waals surface area contributed by atoms with Crippen LogP contribution in [0.3, 0.4) is 0 Å². The lowest BCUT2D eigenvalue weighted by Crippen LogP contribution is -2.27. The normalized spacial score (nSPS) is 14.6. The number of halogens is 1. The van der Waals surface area contributed by atoms with E-state index in [-0.39, 0.29) is 0 Å². The molecule has 1 aromatic carbocycles. The summed E-state index contributed by atoms with van der Waals surface area (Å²) in [6.07, 6.45) is 3.41. The van der Waals surface area contributed by atoms with E-state index in [2.05, 4.69) is 16.5 Å². The van der Waals surface area contributed by atoms with Crippen LogP contribution in [-0.4, -0.2) is 15.8 Å². The maximum atomic E-state index is 9.28. The Morgan fingerprint density at radius 1 is 1.40 bits per heavy atom. The topological polar surface area (TPSA) is 79.7 Å². The zero-order chi connectivity index (χ0) is 14.1. The monoisotopic (exact) mass is 287 g/mol. The minimum absolute atomic E-state index is 0.308. The lowest BCUT2D eigenvalue weighted by Gasteiger charge is -2.26. The van der Waals surface area contributed by atoms with Crippen LogP contribution < -0.4 is 11.1 Å². The van der Waals surface area contributed by atoms with Gasteiger partial charge in [-0.25, -0.2) is 4.68 Å². The van der Waals surface area contributed by atoms with Gasteiger partial charge in [-0.15, -0.1) is 5.10 Å². The number of hydrogen-bond donors (Lipinski definition) is 2. The van der Waals surface area contributed by atoms with E-state index < -0.39 is 0 Å². The number of nitrogens with one attached hydrogen (secondary N) is 1. The van der Waals surface area contributed by atoms with Crippen LogP contribution in [0.4, 0.5) is 11.6 Å². The molecule has 3 N–H and O–H groups in total. The number of para-hydroxylation sites is 1. The van der Waals surface area contributed by atoms with Crippen molar-refractivity contribution in [2.24, 2.45) is 0 Å². The first kappa shape index (κ1) is 12.8. The van der Waals surface area contributed by atoms with Crippen molar-refractivity contribution in [1.82, 2.24) is 9.78 Å². The maximum absolute atomic E-state index is 9.28. The minimum atomic E-state index is 0.308. The fourth-order valence-corrected chi connectivity index (χ4v) is 2.41. The van der Waals surface area contributed by atoms with Gasteiger partial charge >= 0.3 is 0 Å². The summed E-state index contributed by atoms with van der Waals surface area (Å²) in [5, 5.41) is 17.5. The second kappa shape index (κ2) is 5.06. The van der Waals surface area contributed by atoms with Gasteiger partial charge in [-0.2, -0.15) is 5.26 Å². The average molecular weight is 288 g/mol. The summed E-state index contributed by atoms with van der Waals surface area (Å²) in [5.41, 5.74) is 7.07. The molecule has 1 aromatic heterocycles. The molecule has 102 valence electrons. The Hall–Kier alpha value is -2.19. The third kappa shape index (κ3) is 2.08. The van der Waals surface area contributed by atoms with Crippen molar-refractivity contribution in [1.29, 1.82) is 5.26 Å². The quantitative estimate of drug-likeness (QED) is 0.909. The molecular weight excluding hydrogens is 274 g/mol. The van der Waals surface area contributed by atoms with Gasteiger partial charge in [0.05, 0.1) is 10.7 Å². The lowest BCUT2D eigenvalue weighted by molar-refractivity contribution is 0.444. The zero-order valence-corrected chi connectivity index (χ0v) is 11.6. The highest BCUT2D eigenvalue weighted by Crippen LogP contribution is 2.30. The highest BCUT2D eigenvalue weighted by atomic mass is 35.5. The largest absolute Gasteiger partial charge is 0.382 e. The third-order valence-electron chi connectivity index (χ3n) is 3.56. The molecule has 0 radical (unpaired) electrons. The van der Waals surface area contributed by atoms with Crippen LogP contribution in [0.5, 0.6) is 0 Å². The van der Waals surface area contributed by atoms with Crippen molar-refractivity contribution in [3.05, 3.63) is 34.9 Å². The molecule has 0 atom stereocenters. The highest BCUT2D eigenvalue weighted by molar-refractivity contribution is 6.32. The van der Waals surface area contributed by atoms with Crippen LogP contribution in [-0.2, 0) is 0 Å².